The van der Waals surface area contributed by atoms with Crippen molar-refractivity contribution in [2.75, 3.05) is 17.2 Å². The molecular weight excluding hydrogens is 255 g/mol. The van der Waals surface area contributed by atoms with E-state index in [0.29, 0.717) is 17.8 Å². The van der Waals surface area contributed by atoms with Crippen LogP contribution in [0.15, 0.2) is 42.5 Å². The molecule has 2 aromatic rings. The summed E-state index contributed by atoms with van der Waals surface area (Å²) in [6, 6.07) is 11.8. The Morgan fingerprint density at radius 3 is 2.90 bits per heavy atom. The van der Waals surface area contributed by atoms with E-state index < -0.39 is 0 Å². The van der Waals surface area contributed by atoms with E-state index in [2.05, 4.69) is 0 Å². The van der Waals surface area contributed by atoms with Crippen LogP contribution in [0.4, 0.5) is 15.8 Å². The van der Waals surface area contributed by atoms with Crippen LogP contribution in [0.5, 0.6) is 0 Å². The van der Waals surface area contributed by atoms with Crippen molar-refractivity contribution in [1.82, 2.24) is 0 Å². The van der Waals surface area contributed by atoms with Gasteiger partial charge in [0.05, 0.1) is 6.42 Å². The maximum atomic E-state index is 13.1. The molecule has 0 fully saturated rings. The highest BCUT2D eigenvalue weighted by Gasteiger charge is 2.24. The number of carbonyl (C=O) groups excluding carboxylic acids is 1. The lowest BCUT2D eigenvalue weighted by Crippen LogP contribution is -2.30. The Morgan fingerprint density at radius 2 is 2.10 bits per heavy atom. The maximum Gasteiger partial charge on any atom is 0.231 e. The van der Waals surface area contributed by atoms with Crippen molar-refractivity contribution in [1.29, 1.82) is 0 Å². The molecule has 0 radical (unpaired) electrons. The number of nitrogens with two attached hydrogens (primary N) is 1. The Kier molecular flexibility index (Phi) is 3.14. The first-order valence-electron chi connectivity index (χ1n) is 6.57. The number of rotatable bonds is 2. The lowest BCUT2D eigenvalue weighted by Gasteiger charge is -2.17. The van der Waals surface area contributed by atoms with E-state index in [-0.39, 0.29) is 18.1 Å². The second-order valence-electron chi connectivity index (χ2n) is 4.99. The van der Waals surface area contributed by atoms with Crippen LogP contribution < -0.4 is 10.6 Å². The highest BCUT2D eigenvalue weighted by Crippen LogP contribution is 2.30. The van der Waals surface area contributed by atoms with Crippen molar-refractivity contribution in [2.45, 2.75) is 12.8 Å². The van der Waals surface area contributed by atoms with E-state index in [1.165, 1.54) is 12.1 Å². The quantitative estimate of drug-likeness (QED) is 0.852. The van der Waals surface area contributed by atoms with Crippen molar-refractivity contribution in [3.63, 3.8) is 0 Å². The first-order chi connectivity index (χ1) is 9.63. The zero-order valence-corrected chi connectivity index (χ0v) is 11.0. The normalized spacial score (nSPS) is 13.3. The molecule has 0 spiro atoms. The van der Waals surface area contributed by atoms with Crippen LogP contribution in [0, 0.1) is 5.82 Å². The van der Waals surface area contributed by atoms with Gasteiger partial charge in [-0.05, 0) is 41.8 Å². The van der Waals surface area contributed by atoms with Crippen molar-refractivity contribution >= 4 is 17.3 Å². The molecule has 0 aromatic heterocycles. The summed E-state index contributed by atoms with van der Waals surface area (Å²) in [5.74, 6) is -0.346. The first-order valence-corrected chi connectivity index (χ1v) is 6.57. The summed E-state index contributed by atoms with van der Waals surface area (Å²) >= 11 is 0. The Bertz CT molecular complexity index is 669. The molecule has 0 saturated carbocycles. The number of nitrogen functional groups attached to an aromatic ring is 1. The molecule has 2 aromatic carbocycles. The molecule has 0 aliphatic carbocycles. The third kappa shape index (κ3) is 2.37. The van der Waals surface area contributed by atoms with E-state index >= 15 is 0 Å². The average molecular weight is 270 g/mol. The van der Waals surface area contributed by atoms with Crippen LogP contribution in [-0.2, 0) is 17.6 Å². The van der Waals surface area contributed by atoms with Gasteiger partial charge in [0.2, 0.25) is 5.91 Å². The number of benzene rings is 2. The van der Waals surface area contributed by atoms with Gasteiger partial charge < -0.3 is 10.6 Å². The van der Waals surface area contributed by atoms with Crippen LogP contribution >= 0.6 is 0 Å². The molecule has 0 atom stereocenters. The third-order valence-electron chi connectivity index (χ3n) is 3.55. The van der Waals surface area contributed by atoms with Gasteiger partial charge in [0.25, 0.3) is 0 Å². The molecule has 3 nitrogen and oxygen atoms in total. The van der Waals surface area contributed by atoms with E-state index in [9.17, 15) is 9.18 Å². The lowest BCUT2D eigenvalue weighted by atomic mass is 10.1. The Labute approximate surface area is 116 Å². The second kappa shape index (κ2) is 4.96. The molecule has 1 aliphatic rings. The average Bonchev–Trinajstić information content (AvgIpc) is 2.81. The summed E-state index contributed by atoms with van der Waals surface area (Å²) in [7, 11) is 0. The number of nitrogens with zero attached hydrogens (tertiary/aromatic N) is 1. The van der Waals surface area contributed by atoms with Crippen LogP contribution in [0.3, 0.4) is 0 Å². The lowest BCUT2D eigenvalue weighted by molar-refractivity contribution is -0.117. The molecule has 102 valence electrons. The maximum absolute atomic E-state index is 13.1. The molecule has 20 heavy (non-hydrogen) atoms. The van der Waals surface area contributed by atoms with Gasteiger partial charge in [0, 0.05) is 17.9 Å². The SMILES string of the molecule is Nc1ccc2c(c1)N(C(=O)Cc1cccc(F)c1)CC2. The fraction of sp³-hybridized carbons (Fsp3) is 0.188. The molecule has 2 N–H and O–H groups in total. The van der Waals surface area contributed by atoms with E-state index in [1.54, 1.807) is 17.0 Å². The number of hydrogen-bond acceptors (Lipinski definition) is 2. The highest BCUT2D eigenvalue weighted by molar-refractivity contribution is 5.97. The second-order valence-corrected chi connectivity index (χ2v) is 4.99. The van der Waals surface area contributed by atoms with Crippen LogP contribution in [-0.4, -0.2) is 12.5 Å². The zero-order valence-electron chi connectivity index (χ0n) is 11.0. The van der Waals surface area contributed by atoms with Gasteiger partial charge in [-0.2, -0.15) is 0 Å². The van der Waals surface area contributed by atoms with Crippen LogP contribution in [0.2, 0.25) is 0 Å². The molecule has 1 aliphatic heterocycles. The van der Waals surface area contributed by atoms with Crippen molar-refractivity contribution in [3.05, 3.63) is 59.4 Å². The van der Waals surface area contributed by atoms with Gasteiger partial charge in [-0.1, -0.05) is 18.2 Å². The number of halogens is 1. The molecule has 0 unspecified atom stereocenters. The summed E-state index contributed by atoms with van der Waals surface area (Å²) in [6.07, 6.45) is 1.04. The largest absolute Gasteiger partial charge is 0.399 e. The highest BCUT2D eigenvalue weighted by atomic mass is 19.1. The summed E-state index contributed by atoms with van der Waals surface area (Å²) < 4.78 is 13.1. The van der Waals surface area contributed by atoms with Gasteiger partial charge in [0.15, 0.2) is 0 Å². The van der Waals surface area contributed by atoms with Crippen molar-refractivity contribution in [2.24, 2.45) is 0 Å². The Morgan fingerprint density at radius 1 is 1.25 bits per heavy atom. The van der Waals surface area contributed by atoms with Gasteiger partial charge in [0.1, 0.15) is 5.82 Å². The fourth-order valence-electron chi connectivity index (χ4n) is 2.57. The van der Waals surface area contributed by atoms with Crippen LogP contribution in [0.1, 0.15) is 11.1 Å². The molecule has 4 heteroatoms. The van der Waals surface area contributed by atoms with Gasteiger partial charge >= 0.3 is 0 Å². The van der Waals surface area contributed by atoms with Gasteiger partial charge in [-0.25, -0.2) is 4.39 Å². The number of anilines is 2. The van der Waals surface area contributed by atoms with Crippen molar-refractivity contribution < 1.29 is 9.18 Å². The third-order valence-corrected chi connectivity index (χ3v) is 3.55. The minimum absolute atomic E-state index is 0.0278. The molecular formula is C16H15FN2O. The summed E-state index contributed by atoms with van der Waals surface area (Å²) in [5, 5.41) is 0. The van der Waals surface area contributed by atoms with Gasteiger partial charge in [-0.3, -0.25) is 4.79 Å². The molecule has 0 bridgehead atoms. The van der Waals surface area contributed by atoms with Crippen molar-refractivity contribution in [3.8, 4) is 0 Å². The molecule has 0 saturated heterocycles. The number of hydrogen-bond donors (Lipinski definition) is 1. The first kappa shape index (κ1) is 12.7. The monoisotopic (exact) mass is 270 g/mol. The minimum Gasteiger partial charge on any atom is -0.399 e. The Hall–Kier alpha value is -2.36. The number of carbonyl (C=O) groups is 1. The molecule has 1 amide bonds. The summed E-state index contributed by atoms with van der Waals surface area (Å²) in [4.78, 5) is 14.1. The predicted octanol–water partition coefficient (Wildman–Crippen LogP) is 2.54. The van der Waals surface area contributed by atoms with E-state index in [0.717, 1.165) is 17.7 Å². The molecule has 1 heterocycles. The number of fused-ring (bicyclic) bond motifs is 1. The fourth-order valence-corrected chi connectivity index (χ4v) is 2.57. The molecule has 3 rings (SSSR count). The van der Waals surface area contributed by atoms with E-state index in [4.69, 9.17) is 5.73 Å². The van der Waals surface area contributed by atoms with Gasteiger partial charge in [-0.15, -0.1) is 0 Å². The smallest absolute Gasteiger partial charge is 0.231 e. The minimum atomic E-state index is -0.318. The summed E-state index contributed by atoms with van der Waals surface area (Å²) in [5.41, 5.74) is 9.13. The van der Waals surface area contributed by atoms with Crippen LogP contribution in [0.25, 0.3) is 0 Å². The van der Waals surface area contributed by atoms with E-state index in [1.807, 2.05) is 18.2 Å². The number of amides is 1. The predicted molar refractivity (Wildman–Crippen MR) is 77.0 cm³/mol. The topological polar surface area (TPSA) is 46.3 Å². The standard InChI is InChI=1S/C16H15FN2O/c17-13-3-1-2-11(8-13)9-16(20)19-7-6-12-4-5-14(18)10-15(12)19/h1-5,8,10H,6-7,9,18H2. The zero-order chi connectivity index (χ0) is 14.1. The summed E-state index contributed by atoms with van der Waals surface area (Å²) in [6.45, 7) is 0.660. The Balaban J connectivity index is 1.82.